The van der Waals surface area contributed by atoms with Gasteiger partial charge in [0.1, 0.15) is 0 Å². The van der Waals surface area contributed by atoms with E-state index in [0.29, 0.717) is 34.7 Å². The molecule has 0 atom stereocenters. The zero-order valence-electron chi connectivity index (χ0n) is 25.6. The lowest BCUT2D eigenvalue weighted by Crippen LogP contribution is -2.58. The lowest BCUT2D eigenvalue weighted by Gasteiger charge is -2.44. The van der Waals surface area contributed by atoms with Gasteiger partial charge in [0.15, 0.2) is 0 Å². The molecule has 0 saturated heterocycles. The number of urea groups is 1. The number of nitrogens with one attached hydrogen (secondary N) is 2. The van der Waals surface area contributed by atoms with Crippen LogP contribution in [0.1, 0.15) is 108 Å². The molecule has 3 heterocycles. The molecule has 230 valence electrons. The van der Waals surface area contributed by atoms with E-state index in [0.717, 1.165) is 54.7 Å². The van der Waals surface area contributed by atoms with Gasteiger partial charge in [0, 0.05) is 18.2 Å². The zero-order valence-corrected chi connectivity index (χ0v) is 25.6. The first kappa shape index (κ1) is 29.5. The SMILES string of the molecule is CCCCc1c2ccc3c1C(=O)N(C3=O)N2C(=O)N(Cc1ccc(C(=O)Nc2nn[nH]n2)cc1)C1CCC(C(C)(C)C)CC1. The van der Waals surface area contributed by atoms with E-state index in [1.54, 1.807) is 24.3 Å². The summed E-state index contributed by atoms with van der Waals surface area (Å²) < 4.78 is 0. The number of rotatable bonds is 8. The first-order valence-corrected chi connectivity index (χ1v) is 15.4. The van der Waals surface area contributed by atoms with Gasteiger partial charge < -0.3 is 4.90 Å². The van der Waals surface area contributed by atoms with Crippen LogP contribution in [-0.4, -0.2) is 60.3 Å². The molecule has 12 heteroatoms. The van der Waals surface area contributed by atoms with Crippen LogP contribution in [0.5, 0.6) is 0 Å². The van der Waals surface area contributed by atoms with Crippen LogP contribution >= 0.6 is 0 Å². The maximum absolute atomic E-state index is 14.7. The molecule has 2 N–H and O–H groups in total. The predicted molar refractivity (Wildman–Crippen MR) is 163 cm³/mol. The fourth-order valence-electron chi connectivity index (χ4n) is 6.73. The second-order valence-corrected chi connectivity index (χ2v) is 13.0. The Hall–Kier alpha value is -4.61. The van der Waals surface area contributed by atoms with Gasteiger partial charge in [-0.25, -0.2) is 4.79 Å². The topological polar surface area (TPSA) is 144 Å². The summed E-state index contributed by atoms with van der Waals surface area (Å²) in [6.07, 6.45) is 6.00. The summed E-state index contributed by atoms with van der Waals surface area (Å²) in [6, 6.07) is 10.0. The highest BCUT2D eigenvalue weighted by molar-refractivity contribution is 6.27. The van der Waals surface area contributed by atoms with Gasteiger partial charge in [0.25, 0.3) is 23.7 Å². The van der Waals surface area contributed by atoms with Crippen LogP contribution < -0.4 is 10.3 Å². The van der Waals surface area contributed by atoms with E-state index in [9.17, 15) is 19.2 Å². The molecule has 1 saturated carbocycles. The molecule has 2 aliphatic heterocycles. The van der Waals surface area contributed by atoms with E-state index in [-0.39, 0.29) is 35.9 Å². The third-order valence-electron chi connectivity index (χ3n) is 9.25. The number of hydrogen-bond acceptors (Lipinski definition) is 7. The Labute approximate surface area is 256 Å². The Kier molecular flexibility index (Phi) is 7.68. The number of aromatic nitrogens is 4. The number of carbonyl (C=O) groups is 4. The Morgan fingerprint density at radius 2 is 1.75 bits per heavy atom. The number of hydrogen-bond donors (Lipinski definition) is 2. The van der Waals surface area contributed by atoms with Crippen LogP contribution in [0.4, 0.5) is 16.4 Å². The number of imide groups is 1. The van der Waals surface area contributed by atoms with Gasteiger partial charge in [0.05, 0.1) is 16.8 Å². The number of nitrogens with zero attached hydrogens (tertiary/aromatic N) is 6. The van der Waals surface area contributed by atoms with Gasteiger partial charge in [-0.05, 0) is 90.5 Å². The molecule has 1 aromatic heterocycles. The Bertz CT molecular complexity index is 1590. The monoisotopic (exact) mass is 598 g/mol. The number of amides is 5. The van der Waals surface area contributed by atoms with Crippen LogP contribution in [0.25, 0.3) is 0 Å². The summed E-state index contributed by atoms with van der Waals surface area (Å²) in [5.41, 5.74) is 3.59. The van der Waals surface area contributed by atoms with Gasteiger partial charge in [-0.2, -0.15) is 15.2 Å². The van der Waals surface area contributed by atoms with Gasteiger partial charge >= 0.3 is 6.03 Å². The molecule has 1 aliphatic carbocycles. The number of anilines is 2. The number of tetrazole rings is 1. The van der Waals surface area contributed by atoms with Crippen molar-refractivity contribution in [3.63, 3.8) is 0 Å². The lowest BCUT2D eigenvalue weighted by molar-refractivity contribution is 0.0603. The van der Waals surface area contributed by atoms with Crippen molar-refractivity contribution >= 4 is 35.4 Å². The molecule has 1 fully saturated rings. The third-order valence-corrected chi connectivity index (χ3v) is 9.25. The Morgan fingerprint density at radius 3 is 2.39 bits per heavy atom. The summed E-state index contributed by atoms with van der Waals surface area (Å²) in [5.74, 6) is -0.650. The van der Waals surface area contributed by atoms with Crippen molar-refractivity contribution in [3.8, 4) is 0 Å². The maximum Gasteiger partial charge on any atom is 0.344 e. The second-order valence-electron chi connectivity index (χ2n) is 13.0. The van der Waals surface area contributed by atoms with Crippen LogP contribution in [0, 0.1) is 11.3 Å². The predicted octanol–water partition coefficient (Wildman–Crippen LogP) is 5.35. The Morgan fingerprint density at radius 1 is 1.02 bits per heavy atom. The normalized spacial score (nSPS) is 19.1. The van der Waals surface area contributed by atoms with Gasteiger partial charge in [-0.15, -0.1) is 5.10 Å². The van der Waals surface area contributed by atoms with Crippen molar-refractivity contribution < 1.29 is 19.2 Å². The van der Waals surface area contributed by atoms with Crippen molar-refractivity contribution in [2.45, 2.75) is 85.2 Å². The third kappa shape index (κ3) is 5.22. The molecule has 0 unspecified atom stereocenters. The van der Waals surface area contributed by atoms with E-state index < -0.39 is 11.8 Å². The summed E-state index contributed by atoms with van der Waals surface area (Å²) in [4.78, 5) is 56.0. The minimum Gasteiger partial charge on any atom is -0.316 e. The van der Waals surface area contributed by atoms with Crippen LogP contribution in [0.2, 0.25) is 0 Å². The van der Waals surface area contributed by atoms with Gasteiger partial charge in [-0.3, -0.25) is 19.7 Å². The van der Waals surface area contributed by atoms with Crippen LogP contribution in [0.15, 0.2) is 36.4 Å². The molecule has 5 amide bonds. The number of carbonyl (C=O) groups excluding carboxylic acids is 4. The molecule has 44 heavy (non-hydrogen) atoms. The summed E-state index contributed by atoms with van der Waals surface area (Å²) in [5, 5.41) is 18.1. The molecule has 6 rings (SSSR count). The lowest BCUT2D eigenvalue weighted by atomic mass is 9.71. The number of hydrazine groups is 1. The second kappa shape index (κ2) is 11.5. The van der Waals surface area contributed by atoms with Gasteiger partial charge in [-0.1, -0.05) is 51.3 Å². The van der Waals surface area contributed by atoms with E-state index in [4.69, 9.17) is 0 Å². The molecular weight excluding hydrogens is 560 g/mol. The quantitative estimate of drug-likeness (QED) is 0.333. The van der Waals surface area contributed by atoms with Crippen molar-refractivity contribution in [2.24, 2.45) is 11.3 Å². The number of unbranched alkanes of at least 4 members (excludes halogenated alkanes) is 1. The number of aromatic amines is 1. The van der Waals surface area contributed by atoms with E-state index >= 15 is 0 Å². The molecular formula is C32H38N8O4. The number of benzene rings is 2. The zero-order chi connectivity index (χ0) is 31.2. The van der Waals surface area contributed by atoms with E-state index in [1.807, 2.05) is 17.0 Å². The summed E-state index contributed by atoms with van der Waals surface area (Å²) >= 11 is 0. The maximum atomic E-state index is 14.7. The molecule has 0 radical (unpaired) electrons. The number of fused-ring (bicyclic) bond motifs is 2. The average Bonchev–Trinajstić information content (AvgIpc) is 3.54. The first-order chi connectivity index (χ1) is 21.1. The largest absolute Gasteiger partial charge is 0.344 e. The molecule has 3 aliphatic rings. The number of H-pyrrole nitrogens is 1. The van der Waals surface area contributed by atoms with E-state index in [1.165, 1.54) is 5.01 Å². The van der Waals surface area contributed by atoms with Crippen molar-refractivity contribution in [1.29, 1.82) is 0 Å². The highest BCUT2D eigenvalue weighted by Gasteiger charge is 2.50. The fourth-order valence-corrected chi connectivity index (χ4v) is 6.73. The molecule has 3 aromatic rings. The molecule has 0 spiro atoms. The van der Waals surface area contributed by atoms with Crippen molar-refractivity contribution in [1.82, 2.24) is 30.5 Å². The Balaban J connectivity index is 1.30. The molecule has 2 aromatic carbocycles. The van der Waals surface area contributed by atoms with Crippen LogP contribution in [0.3, 0.4) is 0 Å². The van der Waals surface area contributed by atoms with Crippen molar-refractivity contribution in [2.75, 3.05) is 10.3 Å². The van der Waals surface area contributed by atoms with Crippen LogP contribution in [-0.2, 0) is 13.0 Å². The summed E-state index contributed by atoms with van der Waals surface area (Å²) in [7, 11) is 0. The summed E-state index contributed by atoms with van der Waals surface area (Å²) in [6.45, 7) is 9.11. The molecule has 12 nitrogen and oxygen atoms in total. The minimum atomic E-state index is -0.454. The molecule has 3 bridgehead atoms. The minimum absolute atomic E-state index is 0.0728. The highest BCUT2D eigenvalue weighted by atomic mass is 16.2. The van der Waals surface area contributed by atoms with E-state index in [2.05, 4.69) is 53.6 Å². The smallest absolute Gasteiger partial charge is 0.316 e. The van der Waals surface area contributed by atoms with Gasteiger partial charge in [0.2, 0.25) is 0 Å². The fraction of sp³-hybridized carbons (Fsp3) is 0.469. The highest BCUT2D eigenvalue weighted by Crippen LogP contribution is 2.43. The standard InChI is InChI=1S/C32H38N8O4/c1-5-6-7-23-25-17-16-24-26(23)29(43)40(28(24)42)39(25)31(44)38(22-14-12-21(13-15-22)32(2,3)4)18-19-8-10-20(11-9-19)27(41)33-30-34-36-37-35-30/h8-11,16-17,21-22H,5-7,12-15,18H2,1-4H3,(H2,33,34,35,36,37,41). The first-order valence-electron chi connectivity index (χ1n) is 15.4. The average molecular weight is 599 g/mol. The van der Waals surface area contributed by atoms with Crippen molar-refractivity contribution in [3.05, 3.63) is 64.2 Å².